The van der Waals surface area contributed by atoms with Crippen LogP contribution in [0.5, 0.6) is 5.75 Å². The number of aliphatic hydroxyl groups excluding tert-OH is 1. The number of nitrogens with zero attached hydrogens (tertiary/aromatic N) is 2. The second-order valence-corrected chi connectivity index (χ2v) is 11.3. The summed E-state index contributed by atoms with van der Waals surface area (Å²) in [5.74, 6) is 0.665. The number of aromatic nitrogens is 2. The van der Waals surface area contributed by atoms with Gasteiger partial charge in [0.25, 0.3) is 0 Å². The average molecular weight is 576 g/mol. The van der Waals surface area contributed by atoms with Gasteiger partial charge >= 0.3 is 5.97 Å². The number of carboxylic acids is 1. The molecule has 6 rings (SSSR count). The highest BCUT2D eigenvalue weighted by Crippen LogP contribution is 2.37. The van der Waals surface area contributed by atoms with Crippen LogP contribution in [0, 0.1) is 6.92 Å². The maximum Gasteiger partial charge on any atom is 0.335 e. The van der Waals surface area contributed by atoms with Gasteiger partial charge in [0.1, 0.15) is 18.2 Å². The lowest BCUT2D eigenvalue weighted by Crippen LogP contribution is -2.14. The number of anilines is 1. The number of rotatable bonds is 10. The molecule has 0 spiro atoms. The van der Waals surface area contributed by atoms with Crippen molar-refractivity contribution in [1.82, 2.24) is 9.55 Å². The van der Waals surface area contributed by atoms with Crippen molar-refractivity contribution in [2.45, 2.75) is 51.7 Å². The quantitative estimate of drug-likeness (QED) is 0.157. The van der Waals surface area contributed by atoms with Crippen molar-refractivity contribution in [2.24, 2.45) is 0 Å². The van der Waals surface area contributed by atoms with Crippen LogP contribution >= 0.6 is 0 Å². The van der Waals surface area contributed by atoms with E-state index < -0.39 is 5.97 Å². The Bertz CT molecular complexity index is 1720. The molecule has 0 radical (unpaired) electrons. The van der Waals surface area contributed by atoms with Crippen LogP contribution in [0.3, 0.4) is 0 Å². The van der Waals surface area contributed by atoms with Gasteiger partial charge < -0.3 is 24.8 Å². The molecule has 0 saturated heterocycles. The number of hydrogen-bond acceptors (Lipinski definition) is 5. The van der Waals surface area contributed by atoms with E-state index in [4.69, 9.17) is 9.72 Å². The molecule has 7 heteroatoms. The average Bonchev–Trinajstić information content (AvgIpc) is 3.43. The van der Waals surface area contributed by atoms with E-state index in [0.29, 0.717) is 24.7 Å². The number of imidazole rings is 1. The van der Waals surface area contributed by atoms with Crippen molar-refractivity contribution >= 4 is 22.7 Å². The zero-order chi connectivity index (χ0) is 29.8. The van der Waals surface area contributed by atoms with E-state index in [1.807, 2.05) is 36.4 Å². The number of carboxylic acid groups (broad SMARTS) is 1. The predicted molar refractivity (Wildman–Crippen MR) is 171 cm³/mol. The van der Waals surface area contributed by atoms with Crippen molar-refractivity contribution in [3.8, 4) is 28.3 Å². The first kappa shape index (κ1) is 28.5. The van der Waals surface area contributed by atoms with Gasteiger partial charge in [0.15, 0.2) is 0 Å². The number of nitrogens with one attached hydrogen (secondary N) is 1. The molecule has 1 saturated carbocycles. The summed E-state index contributed by atoms with van der Waals surface area (Å²) >= 11 is 0. The predicted octanol–water partition coefficient (Wildman–Crippen LogP) is 7.87. The molecule has 3 N–H and O–H groups in total. The molecular weight excluding hydrogens is 538 g/mol. The molecule has 1 aliphatic carbocycles. The highest BCUT2D eigenvalue weighted by molar-refractivity contribution is 5.93. The zero-order valence-electron chi connectivity index (χ0n) is 24.4. The van der Waals surface area contributed by atoms with E-state index in [0.717, 1.165) is 57.9 Å². The molecule has 0 aliphatic heterocycles. The number of fused-ring (bicyclic) bond motifs is 1. The second kappa shape index (κ2) is 12.7. The third-order valence-corrected chi connectivity index (χ3v) is 8.29. The third kappa shape index (κ3) is 6.27. The smallest absolute Gasteiger partial charge is 0.335 e. The Balaban J connectivity index is 1.28. The summed E-state index contributed by atoms with van der Waals surface area (Å²) in [6, 6.07) is 28.3. The minimum atomic E-state index is -0.947. The maximum absolute atomic E-state index is 11.6. The van der Waals surface area contributed by atoms with Gasteiger partial charge in [-0.1, -0.05) is 55.2 Å². The van der Waals surface area contributed by atoms with Gasteiger partial charge in [-0.2, -0.15) is 0 Å². The summed E-state index contributed by atoms with van der Waals surface area (Å²) in [5, 5.41) is 22.0. The molecule has 1 fully saturated rings. The summed E-state index contributed by atoms with van der Waals surface area (Å²) in [6.07, 6.45) is 5.81. The Labute approximate surface area is 251 Å². The molecule has 43 heavy (non-hydrogen) atoms. The maximum atomic E-state index is 11.6. The molecule has 0 bridgehead atoms. The van der Waals surface area contributed by atoms with E-state index in [9.17, 15) is 15.0 Å². The molecule has 1 heterocycles. The van der Waals surface area contributed by atoms with Crippen molar-refractivity contribution in [2.75, 3.05) is 18.5 Å². The van der Waals surface area contributed by atoms with Gasteiger partial charge in [-0.15, -0.1) is 0 Å². The van der Waals surface area contributed by atoms with E-state index in [1.54, 1.807) is 12.1 Å². The number of aromatic carboxylic acids is 1. The summed E-state index contributed by atoms with van der Waals surface area (Å²) < 4.78 is 8.62. The summed E-state index contributed by atoms with van der Waals surface area (Å²) in [6.45, 7) is 3.01. The molecule has 0 unspecified atom stereocenters. The molecular formula is C36H37N3O4. The minimum Gasteiger partial charge on any atom is -0.489 e. The first-order chi connectivity index (χ1) is 21.0. The fraction of sp³-hybridized carbons (Fsp3) is 0.278. The van der Waals surface area contributed by atoms with Crippen LogP contribution in [0.2, 0.25) is 0 Å². The van der Waals surface area contributed by atoms with Crippen molar-refractivity contribution in [3.63, 3.8) is 0 Å². The highest BCUT2D eigenvalue weighted by Gasteiger charge is 2.23. The molecule has 220 valence electrons. The number of aliphatic hydroxyl groups is 1. The number of benzene rings is 4. The zero-order valence-corrected chi connectivity index (χ0v) is 24.4. The summed E-state index contributed by atoms with van der Waals surface area (Å²) in [5.41, 5.74) is 8.33. The second-order valence-electron chi connectivity index (χ2n) is 11.3. The lowest BCUT2D eigenvalue weighted by molar-refractivity contribution is 0.0697. The molecule has 1 aromatic heterocycles. The van der Waals surface area contributed by atoms with Gasteiger partial charge in [-0.25, -0.2) is 9.78 Å². The van der Waals surface area contributed by atoms with Crippen LogP contribution in [0.4, 0.5) is 5.69 Å². The van der Waals surface area contributed by atoms with E-state index in [-0.39, 0.29) is 12.2 Å². The topological polar surface area (TPSA) is 96.6 Å². The standard InChI is InChI=1S/C36H37N3O4/c1-24-7-9-25(10-8-24)32-17-14-29(37-19-20-40)21-28(32)23-43-31-15-11-26(12-16-31)35-38-33-22-27(36(41)42)13-18-34(33)39(35)30-5-3-2-4-6-30/h7-18,21-22,30,37,40H,2-6,19-20,23H2,1H3,(H,41,42). The number of aryl methyl sites for hydroxylation is 1. The Hall–Kier alpha value is -4.62. The van der Waals surface area contributed by atoms with E-state index >= 15 is 0 Å². The Morgan fingerprint density at radius 1 is 0.930 bits per heavy atom. The molecule has 7 nitrogen and oxygen atoms in total. The minimum absolute atomic E-state index is 0.0627. The van der Waals surface area contributed by atoms with Gasteiger partial charge in [0.05, 0.1) is 23.2 Å². The Kier molecular flexibility index (Phi) is 8.43. The van der Waals surface area contributed by atoms with Crippen LogP contribution in [0.1, 0.15) is 59.6 Å². The fourth-order valence-electron chi connectivity index (χ4n) is 6.04. The lowest BCUT2D eigenvalue weighted by Gasteiger charge is -2.25. The van der Waals surface area contributed by atoms with Gasteiger partial charge in [-0.3, -0.25) is 0 Å². The molecule has 0 amide bonds. The van der Waals surface area contributed by atoms with Crippen molar-refractivity contribution in [3.05, 3.63) is 102 Å². The van der Waals surface area contributed by atoms with E-state index in [2.05, 4.69) is 53.2 Å². The van der Waals surface area contributed by atoms with Crippen LogP contribution in [-0.4, -0.2) is 38.9 Å². The van der Waals surface area contributed by atoms with Gasteiger partial charge in [-0.05, 0) is 91.1 Å². The van der Waals surface area contributed by atoms with Crippen LogP contribution in [0.25, 0.3) is 33.5 Å². The monoisotopic (exact) mass is 575 g/mol. The van der Waals surface area contributed by atoms with Gasteiger partial charge in [0, 0.05) is 23.8 Å². The first-order valence-corrected chi connectivity index (χ1v) is 15.0. The lowest BCUT2D eigenvalue weighted by atomic mass is 9.95. The number of carbonyl (C=O) groups is 1. The van der Waals surface area contributed by atoms with Crippen LogP contribution in [-0.2, 0) is 6.61 Å². The SMILES string of the molecule is Cc1ccc(-c2ccc(NCCO)cc2COc2ccc(-c3nc4cc(C(=O)O)ccc4n3C3CCCCC3)cc2)cc1. The number of hydrogen-bond donors (Lipinski definition) is 3. The largest absolute Gasteiger partial charge is 0.489 e. The summed E-state index contributed by atoms with van der Waals surface area (Å²) in [4.78, 5) is 16.6. The molecule has 0 atom stereocenters. The fourth-order valence-corrected chi connectivity index (χ4v) is 6.04. The summed E-state index contributed by atoms with van der Waals surface area (Å²) in [7, 11) is 0. The van der Waals surface area contributed by atoms with Crippen molar-refractivity contribution in [1.29, 1.82) is 0 Å². The third-order valence-electron chi connectivity index (χ3n) is 8.29. The molecule has 4 aromatic carbocycles. The number of ether oxygens (including phenoxy) is 1. The Morgan fingerprint density at radius 2 is 1.67 bits per heavy atom. The molecule has 1 aliphatic rings. The van der Waals surface area contributed by atoms with Gasteiger partial charge in [0.2, 0.25) is 0 Å². The van der Waals surface area contributed by atoms with E-state index in [1.165, 1.54) is 24.8 Å². The van der Waals surface area contributed by atoms with Crippen LogP contribution in [0.15, 0.2) is 84.9 Å². The molecule has 5 aromatic rings. The van der Waals surface area contributed by atoms with Crippen LogP contribution < -0.4 is 10.1 Å². The Morgan fingerprint density at radius 3 is 2.40 bits per heavy atom. The van der Waals surface area contributed by atoms with Crippen molar-refractivity contribution < 1.29 is 19.7 Å². The first-order valence-electron chi connectivity index (χ1n) is 15.0. The highest BCUT2D eigenvalue weighted by atomic mass is 16.5. The normalized spacial score (nSPS) is 13.7.